The van der Waals surface area contributed by atoms with Crippen molar-refractivity contribution >= 4 is 17.3 Å². The molecule has 0 amide bonds. The van der Waals surface area contributed by atoms with Crippen molar-refractivity contribution < 1.29 is 5.11 Å². The minimum atomic E-state index is -0.159. The molecule has 0 aliphatic rings. The molecule has 0 radical (unpaired) electrons. The minimum absolute atomic E-state index is 0.159. The minimum Gasteiger partial charge on any atom is -0.392 e. The van der Waals surface area contributed by atoms with E-state index in [-0.39, 0.29) is 6.61 Å². The van der Waals surface area contributed by atoms with Crippen molar-refractivity contribution in [1.82, 2.24) is 0 Å². The number of azide groups is 1. The molecule has 5 heteroatoms. The first-order chi connectivity index (χ1) is 5.77. The highest BCUT2D eigenvalue weighted by Crippen LogP contribution is 2.22. The van der Waals surface area contributed by atoms with Gasteiger partial charge in [0.1, 0.15) is 0 Å². The number of nitrogens with zero attached hydrogens (tertiary/aromatic N) is 3. The summed E-state index contributed by atoms with van der Waals surface area (Å²) in [6.07, 6.45) is 0. The third-order valence-corrected chi connectivity index (χ3v) is 1.73. The zero-order valence-corrected chi connectivity index (χ0v) is 6.86. The molecule has 0 spiro atoms. The Kier molecular flexibility index (Phi) is 2.94. The molecule has 0 bridgehead atoms. The van der Waals surface area contributed by atoms with Gasteiger partial charge in [0.05, 0.1) is 6.61 Å². The Bertz CT molecular complexity index is 333. The molecule has 0 saturated heterocycles. The average molecular weight is 184 g/mol. The second kappa shape index (κ2) is 3.97. The Morgan fingerprint density at radius 2 is 2.33 bits per heavy atom. The van der Waals surface area contributed by atoms with Gasteiger partial charge in [-0.25, -0.2) is 0 Å². The molecule has 0 aromatic heterocycles. The lowest BCUT2D eigenvalue weighted by Crippen LogP contribution is -1.82. The molecule has 0 atom stereocenters. The maximum atomic E-state index is 8.79. The van der Waals surface area contributed by atoms with E-state index in [1.165, 1.54) is 0 Å². The molecule has 62 valence electrons. The first-order valence-electron chi connectivity index (χ1n) is 3.22. The number of halogens is 1. The molecular weight excluding hydrogens is 178 g/mol. The summed E-state index contributed by atoms with van der Waals surface area (Å²) in [7, 11) is 0. The Morgan fingerprint density at radius 1 is 1.58 bits per heavy atom. The van der Waals surface area contributed by atoms with Crippen LogP contribution in [0.1, 0.15) is 5.56 Å². The van der Waals surface area contributed by atoms with Gasteiger partial charge in [0.2, 0.25) is 0 Å². The lowest BCUT2D eigenvalue weighted by atomic mass is 10.2. The molecule has 0 aliphatic heterocycles. The summed E-state index contributed by atoms with van der Waals surface area (Å²) in [6, 6.07) is 4.71. The topological polar surface area (TPSA) is 69.0 Å². The second-order valence-electron chi connectivity index (χ2n) is 2.12. The molecular formula is C7H6ClN3O. The van der Waals surface area contributed by atoms with Gasteiger partial charge in [-0.2, -0.15) is 0 Å². The predicted octanol–water partition coefficient (Wildman–Crippen LogP) is 2.77. The van der Waals surface area contributed by atoms with Crippen molar-refractivity contribution in [2.45, 2.75) is 6.61 Å². The van der Waals surface area contributed by atoms with E-state index in [1.807, 2.05) is 0 Å². The van der Waals surface area contributed by atoms with Crippen LogP contribution in [0.5, 0.6) is 0 Å². The van der Waals surface area contributed by atoms with Crippen LogP contribution in [0, 0.1) is 0 Å². The highest BCUT2D eigenvalue weighted by atomic mass is 35.5. The van der Waals surface area contributed by atoms with Crippen molar-refractivity contribution in [3.05, 3.63) is 39.2 Å². The van der Waals surface area contributed by atoms with Crippen LogP contribution in [0.15, 0.2) is 23.3 Å². The van der Waals surface area contributed by atoms with Crippen molar-refractivity contribution in [3.63, 3.8) is 0 Å². The summed E-state index contributed by atoms with van der Waals surface area (Å²) in [5.41, 5.74) is 9.12. The summed E-state index contributed by atoms with van der Waals surface area (Å²) >= 11 is 5.70. The standard InChI is InChI=1S/C7H6ClN3O/c8-7-2-1-6(10-11-9)3-5(7)4-12/h1-3,12H,4H2. The maximum absolute atomic E-state index is 8.79. The summed E-state index contributed by atoms with van der Waals surface area (Å²) in [5.74, 6) is 0. The lowest BCUT2D eigenvalue weighted by Gasteiger charge is -1.99. The van der Waals surface area contributed by atoms with Gasteiger partial charge >= 0.3 is 0 Å². The second-order valence-corrected chi connectivity index (χ2v) is 2.53. The van der Waals surface area contributed by atoms with Crippen LogP contribution >= 0.6 is 11.6 Å². The van der Waals surface area contributed by atoms with Gasteiger partial charge in [-0.3, -0.25) is 0 Å². The smallest absolute Gasteiger partial charge is 0.0696 e. The van der Waals surface area contributed by atoms with E-state index in [2.05, 4.69) is 10.0 Å². The van der Waals surface area contributed by atoms with E-state index in [1.54, 1.807) is 18.2 Å². The van der Waals surface area contributed by atoms with E-state index in [9.17, 15) is 0 Å². The average Bonchev–Trinajstić information content (AvgIpc) is 2.09. The molecule has 12 heavy (non-hydrogen) atoms. The quantitative estimate of drug-likeness (QED) is 0.428. The van der Waals surface area contributed by atoms with E-state index in [4.69, 9.17) is 22.2 Å². The zero-order valence-electron chi connectivity index (χ0n) is 6.11. The summed E-state index contributed by atoms with van der Waals surface area (Å²) in [4.78, 5) is 2.61. The number of rotatable bonds is 2. The van der Waals surface area contributed by atoms with Crippen LogP contribution in [0.3, 0.4) is 0 Å². The van der Waals surface area contributed by atoms with Crippen LogP contribution in [-0.4, -0.2) is 5.11 Å². The Hall–Kier alpha value is -1.22. The molecule has 4 nitrogen and oxygen atoms in total. The molecule has 1 aromatic carbocycles. The first kappa shape index (κ1) is 8.87. The first-order valence-corrected chi connectivity index (χ1v) is 3.60. The van der Waals surface area contributed by atoms with E-state index >= 15 is 0 Å². The number of aliphatic hydroxyl groups is 1. The van der Waals surface area contributed by atoms with Crippen LogP contribution in [0.25, 0.3) is 10.4 Å². The predicted molar refractivity (Wildman–Crippen MR) is 46.2 cm³/mol. The molecule has 0 heterocycles. The molecule has 1 N–H and O–H groups in total. The Morgan fingerprint density at radius 3 is 2.92 bits per heavy atom. The zero-order chi connectivity index (χ0) is 8.97. The van der Waals surface area contributed by atoms with Crippen LogP contribution in [0.2, 0.25) is 5.02 Å². The van der Waals surface area contributed by atoms with Crippen LogP contribution < -0.4 is 0 Å². The number of benzene rings is 1. The number of hydrogen-bond donors (Lipinski definition) is 1. The molecule has 1 rings (SSSR count). The van der Waals surface area contributed by atoms with Crippen molar-refractivity contribution in [2.75, 3.05) is 0 Å². The molecule has 1 aromatic rings. The van der Waals surface area contributed by atoms with Crippen molar-refractivity contribution in [2.24, 2.45) is 5.11 Å². The maximum Gasteiger partial charge on any atom is 0.0696 e. The van der Waals surface area contributed by atoms with Gasteiger partial charge in [0.15, 0.2) is 0 Å². The van der Waals surface area contributed by atoms with E-state index in [0.29, 0.717) is 16.3 Å². The SMILES string of the molecule is [N-]=[N+]=Nc1ccc(Cl)c(CO)c1. The number of hydrogen-bond acceptors (Lipinski definition) is 2. The van der Waals surface area contributed by atoms with Gasteiger partial charge in [0, 0.05) is 15.6 Å². The van der Waals surface area contributed by atoms with Gasteiger partial charge in [-0.1, -0.05) is 22.8 Å². The largest absolute Gasteiger partial charge is 0.392 e. The Labute approximate surface area is 74.0 Å². The molecule has 0 aliphatic carbocycles. The lowest BCUT2D eigenvalue weighted by molar-refractivity contribution is 0.282. The van der Waals surface area contributed by atoms with Gasteiger partial charge in [0.25, 0.3) is 0 Å². The highest BCUT2D eigenvalue weighted by Gasteiger charge is 1.98. The highest BCUT2D eigenvalue weighted by molar-refractivity contribution is 6.31. The molecule has 0 fully saturated rings. The third-order valence-electron chi connectivity index (χ3n) is 1.36. The molecule has 0 unspecified atom stereocenters. The van der Waals surface area contributed by atoms with E-state index < -0.39 is 0 Å². The van der Waals surface area contributed by atoms with Crippen molar-refractivity contribution in [1.29, 1.82) is 0 Å². The molecule has 0 saturated carbocycles. The van der Waals surface area contributed by atoms with E-state index in [0.717, 1.165) is 0 Å². The number of aliphatic hydroxyl groups excluding tert-OH is 1. The van der Waals surface area contributed by atoms with Gasteiger partial charge < -0.3 is 5.11 Å². The van der Waals surface area contributed by atoms with Crippen molar-refractivity contribution in [3.8, 4) is 0 Å². The van der Waals surface area contributed by atoms with Gasteiger partial charge in [-0.15, -0.1) is 0 Å². The fourth-order valence-corrected chi connectivity index (χ4v) is 0.973. The monoisotopic (exact) mass is 183 g/mol. The normalized spacial score (nSPS) is 9.17. The fourth-order valence-electron chi connectivity index (χ4n) is 0.796. The summed E-state index contributed by atoms with van der Waals surface area (Å²) in [6.45, 7) is -0.159. The van der Waals surface area contributed by atoms with Gasteiger partial charge in [-0.05, 0) is 23.2 Å². The summed E-state index contributed by atoms with van der Waals surface area (Å²) in [5, 5.41) is 12.6. The third kappa shape index (κ3) is 1.89. The van der Waals surface area contributed by atoms with Crippen LogP contribution in [0.4, 0.5) is 5.69 Å². The Balaban J connectivity index is 3.13. The summed E-state index contributed by atoms with van der Waals surface area (Å²) < 4.78 is 0. The van der Waals surface area contributed by atoms with Crippen LogP contribution in [-0.2, 0) is 6.61 Å². The fraction of sp³-hybridized carbons (Fsp3) is 0.143.